The normalized spacial score (nSPS) is 16.1. The van der Waals surface area contributed by atoms with E-state index in [-0.39, 0.29) is 5.41 Å². The molecule has 17 heavy (non-hydrogen) atoms. The zero-order valence-electron chi connectivity index (χ0n) is 10.7. The highest BCUT2D eigenvalue weighted by molar-refractivity contribution is 5.53. The first-order chi connectivity index (χ1) is 8.05. The van der Waals surface area contributed by atoms with Crippen molar-refractivity contribution in [3.63, 3.8) is 0 Å². The highest BCUT2D eigenvalue weighted by atomic mass is 15.4. The van der Waals surface area contributed by atoms with E-state index in [0.29, 0.717) is 0 Å². The van der Waals surface area contributed by atoms with Gasteiger partial charge in [0.1, 0.15) is 0 Å². The van der Waals surface area contributed by atoms with E-state index >= 15 is 0 Å². The Kier molecular flexibility index (Phi) is 3.34. The second-order valence-electron chi connectivity index (χ2n) is 5.37. The molecule has 0 aromatic heterocycles. The smallest absolute Gasteiger partial charge is 0.0461 e. The van der Waals surface area contributed by atoms with Crippen LogP contribution in [0.25, 0.3) is 6.08 Å². The van der Waals surface area contributed by atoms with Crippen molar-refractivity contribution in [2.45, 2.75) is 26.2 Å². The van der Waals surface area contributed by atoms with Crippen LogP contribution < -0.4 is 10.9 Å². The minimum Gasteiger partial charge on any atom is -0.321 e. The first kappa shape index (κ1) is 11.9. The maximum absolute atomic E-state index is 3.09. The number of hydrogen-bond acceptors (Lipinski definition) is 2. The van der Waals surface area contributed by atoms with E-state index in [0.717, 1.165) is 12.2 Å². The monoisotopic (exact) mass is 228 g/mol. The van der Waals surface area contributed by atoms with Crippen LogP contribution in [-0.4, -0.2) is 6.54 Å². The average molecular weight is 228 g/mol. The van der Waals surface area contributed by atoms with E-state index < -0.39 is 0 Å². The number of allylic oxidation sites excluding steroid dienone is 1. The molecule has 1 aliphatic rings. The summed E-state index contributed by atoms with van der Waals surface area (Å²) < 4.78 is 0. The van der Waals surface area contributed by atoms with E-state index in [1.165, 1.54) is 11.1 Å². The van der Waals surface area contributed by atoms with Gasteiger partial charge in [-0.2, -0.15) is 0 Å². The van der Waals surface area contributed by atoms with Gasteiger partial charge in [0.15, 0.2) is 0 Å². The predicted octanol–water partition coefficient (Wildman–Crippen LogP) is 2.99. The molecule has 2 N–H and O–H groups in total. The fourth-order valence-corrected chi connectivity index (χ4v) is 1.76. The average Bonchev–Trinajstić information content (AvgIpc) is 2.78. The molecule has 0 amide bonds. The Morgan fingerprint density at radius 3 is 2.29 bits per heavy atom. The standard InChI is InChI=1S/C15H20N2/c1-15(2,3)13-7-4-12(5-8-13)6-9-14-10-11-16-17-14/h4-10,16-17H,11H2,1-3H3. The van der Waals surface area contributed by atoms with Gasteiger partial charge in [-0.3, -0.25) is 0 Å². The highest BCUT2D eigenvalue weighted by Gasteiger charge is 2.12. The predicted molar refractivity (Wildman–Crippen MR) is 73.4 cm³/mol. The second kappa shape index (κ2) is 4.76. The first-order valence-electron chi connectivity index (χ1n) is 6.03. The van der Waals surface area contributed by atoms with E-state index in [1.807, 2.05) is 0 Å². The van der Waals surface area contributed by atoms with Crippen LogP contribution in [0.5, 0.6) is 0 Å². The van der Waals surface area contributed by atoms with Crippen LogP contribution in [0.3, 0.4) is 0 Å². The summed E-state index contributed by atoms with van der Waals surface area (Å²) in [5.74, 6) is 0. The van der Waals surface area contributed by atoms with Gasteiger partial charge >= 0.3 is 0 Å². The third-order valence-corrected chi connectivity index (χ3v) is 2.89. The van der Waals surface area contributed by atoms with E-state index in [4.69, 9.17) is 0 Å². The molecule has 0 radical (unpaired) electrons. The lowest BCUT2D eigenvalue weighted by atomic mass is 9.87. The molecule has 0 saturated heterocycles. The van der Waals surface area contributed by atoms with Crippen molar-refractivity contribution in [3.05, 3.63) is 53.2 Å². The number of hydrogen-bond donors (Lipinski definition) is 2. The van der Waals surface area contributed by atoms with E-state index in [1.54, 1.807) is 0 Å². The van der Waals surface area contributed by atoms with Crippen LogP contribution in [0.4, 0.5) is 0 Å². The van der Waals surface area contributed by atoms with Crippen LogP contribution in [0, 0.1) is 0 Å². The maximum Gasteiger partial charge on any atom is 0.0461 e. The molecule has 0 fully saturated rings. The van der Waals surface area contributed by atoms with Gasteiger partial charge in [0, 0.05) is 12.2 Å². The SMILES string of the molecule is CC(C)(C)c1ccc(C=CC2=CCNN2)cc1. The van der Waals surface area contributed by atoms with Crippen molar-refractivity contribution in [1.82, 2.24) is 10.9 Å². The summed E-state index contributed by atoms with van der Waals surface area (Å²) in [5.41, 5.74) is 10.1. The fraction of sp³-hybridized carbons (Fsp3) is 0.333. The third kappa shape index (κ3) is 3.21. The largest absolute Gasteiger partial charge is 0.321 e. The van der Waals surface area contributed by atoms with Crippen molar-refractivity contribution in [2.24, 2.45) is 0 Å². The Hall–Kier alpha value is -1.54. The van der Waals surface area contributed by atoms with Crippen LogP contribution in [0.2, 0.25) is 0 Å². The molecular weight excluding hydrogens is 208 g/mol. The summed E-state index contributed by atoms with van der Waals surface area (Å²) in [6, 6.07) is 8.74. The van der Waals surface area contributed by atoms with Gasteiger partial charge in [0.2, 0.25) is 0 Å². The quantitative estimate of drug-likeness (QED) is 0.813. The summed E-state index contributed by atoms with van der Waals surface area (Å²) >= 11 is 0. The molecule has 0 atom stereocenters. The third-order valence-electron chi connectivity index (χ3n) is 2.89. The van der Waals surface area contributed by atoms with Crippen molar-refractivity contribution >= 4 is 6.08 Å². The summed E-state index contributed by atoms with van der Waals surface area (Å²) in [6.07, 6.45) is 6.34. The summed E-state index contributed by atoms with van der Waals surface area (Å²) in [5, 5.41) is 0. The van der Waals surface area contributed by atoms with Crippen LogP contribution in [0.1, 0.15) is 31.9 Å². The molecule has 0 bridgehead atoms. The highest BCUT2D eigenvalue weighted by Crippen LogP contribution is 2.22. The Bertz CT molecular complexity index is 433. The van der Waals surface area contributed by atoms with Crippen LogP contribution in [-0.2, 0) is 5.41 Å². The Morgan fingerprint density at radius 1 is 1.06 bits per heavy atom. The molecule has 0 saturated carbocycles. The molecule has 2 nitrogen and oxygen atoms in total. The van der Waals surface area contributed by atoms with Crippen molar-refractivity contribution in [2.75, 3.05) is 6.54 Å². The van der Waals surface area contributed by atoms with Gasteiger partial charge < -0.3 is 5.43 Å². The summed E-state index contributed by atoms with van der Waals surface area (Å²) in [6.45, 7) is 7.59. The molecule has 1 aromatic rings. The lowest BCUT2D eigenvalue weighted by Crippen LogP contribution is -2.22. The molecule has 2 heteroatoms. The Labute approximate surface area is 103 Å². The molecule has 0 spiro atoms. The first-order valence-corrected chi connectivity index (χ1v) is 6.03. The number of hydrazine groups is 1. The van der Waals surface area contributed by atoms with Gasteiger partial charge in [-0.25, -0.2) is 5.43 Å². The van der Waals surface area contributed by atoms with Crippen LogP contribution >= 0.6 is 0 Å². The van der Waals surface area contributed by atoms with Crippen molar-refractivity contribution < 1.29 is 0 Å². The zero-order chi connectivity index (χ0) is 12.3. The lowest BCUT2D eigenvalue weighted by Gasteiger charge is -2.18. The minimum atomic E-state index is 0.224. The van der Waals surface area contributed by atoms with E-state index in [9.17, 15) is 0 Å². The van der Waals surface area contributed by atoms with Gasteiger partial charge in [0.25, 0.3) is 0 Å². The molecule has 1 aromatic carbocycles. The molecule has 1 heterocycles. The number of benzene rings is 1. The van der Waals surface area contributed by atoms with Gasteiger partial charge in [-0.05, 0) is 28.7 Å². The minimum absolute atomic E-state index is 0.224. The number of nitrogens with one attached hydrogen (secondary N) is 2. The summed E-state index contributed by atoms with van der Waals surface area (Å²) in [7, 11) is 0. The molecule has 2 rings (SSSR count). The topological polar surface area (TPSA) is 24.1 Å². The van der Waals surface area contributed by atoms with Crippen molar-refractivity contribution in [3.8, 4) is 0 Å². The van der Waals surface area contributed by atoms with E-state index in [2.05, 4.69) is 74.1 Å². The Morgan fingerprint density at radius 2 is 1.76 bits per heavy atom. The molecule has 90 valence electrons. The molecule has 0 aliphatic carbocycles. The lowest BCUT2D eigenvalue weighted by molar-refractivity contribution is 0.590. The van der Waals surface area contributed by atoms with Gasteiger partial charge in [-0.1, -0.05) is 51.1 Å². The van der Waals surface area contributed by atoms with Crippen LogP contribution in [0.15, 0.2) is 42.1 Å². The maximum atomic E-state index is 3.09. The van der Waals surface area contributed by atoms with Crippen molar-refractivity contribution in [1.29, 1.82) is 0 Å². The summed E-state index contributed by atoms with van der Waals surface area (Å²) in [4.78, 5) is 0. The molecule has 1 aliphatic heterocycles. The number of rotatable bonds is 2. The fourth-order valence-electron chi connectivity index (χ4n) is 1.76. The second-order valence-corrected chi connectivity index (χ2v) is 5.37. The molecular formula is C15H20N2. The Balaban J connectivity index is 2.08. The van der Waals surface area contributed by atoms with Gasteiger partial charge in [0.05, 0.1) is 0 Å². The molecule has 0 unspecified atom stereocenters. The zero-order valence-corrected chi connectivity index (χ0v) is 10.7. The van der Waals surface area contributed by atoms with Gasteiger partial charge in [-0.15, -0.1) is 0 Å².